The van der Waals surface area contributed by atoms with E-state index in [1.54, 1.807) is 16.0 Å². The molecule has 0 spiro atoms. The number of benzene rings is 2. The van der Waals surface area contributed by atoms with Gasteiger partial charge in [-0.3, -0.25) is 4.79 Å². The van der Waals surface area contributed by atoms with Gasteiger partial charge in [-0.2, -0.15) is 9.78 Å². The molecule has 5 rings (SSSR count). The van der Waals surface area contributed by atoms with E-state index < -0.39 is 0 Å². The Kier molecular flexibility index (Phi) is 3.65. The highest BCUT2D eigenvalue weighted by Gasteiger charge is 2.31. The SMILES string of the molecule is O=C1CC(c2cccc(Br)c2)c2cnn(-c3nc4ccccc4s3)c2N1. The van der Waals surface area contributed by atoms with Gasteiger partial charge in [-0.05, 0) is 29.8 Å². The molecule has 1 unspecified atom stereocenters. The minimum atomic E-state index is -0.0145. The summed E-state index contributed by atoms with van der Waals surface area (Å²) in [5.74, 6) is 0.690. The predicted molar refractivity (Wildman–Crippen MR) is 106 cm³/mol. The maximum absolute atomic E-state index is 12.4. The highest BCUT2D eigenvalue weighted by Crippen LogP contribution is 2.39. The highest BCUT2D eigenvalue weighted by atomic mass is 79.9. The first kappa shape index (κ1) is 15.7. The number of hydrogen-bond donors (Lipinski definition) is 1. The van der Waals surface area contributed by atoms with Crippen molar-refractivity contribution in [3.63, 3.8) is 0 Å². The molecule has 0 saturated heterocycles. The molecule has 1 N–H and O–H groups in total. The standard InChI is InChI=1S/C19H13BrN4OS/c20-12-5-3-4-11(8-12)13-9-17(25)23-18-14(13)10-21-24(18)19-22-15-6-1-2-7-16(15)26-19/h1-8,10,13H,9H2,(H,23,25). The van der Waals surface area contributed by atoms with Crippen LogP contribution in [0, 0.1) is 0 Å². The Bertz CT molecular complexity index is 1120. The Labute approximate surface area is 161 Å². The van der Waals surface area contributed by atoms with E-state index in [9.17, 15) is 4.79 Å². The fraction of sp³-hybridized carbons (Fsp3) is 0.105. The summed E-state index contributed by atoms with van der Waals surface area (Å²) in [4.78, 5) is 17.0. The topological polar surface area (TPSA) is 59.8 Å². The van der Waals surface area contributed by atoms with Crippen LogP contribution >= 0.6 is 27.3 Å². The van der Waals surface area contributed by atoms with Crippen LogP contribution in [0.1, 0.15) is 23.5 Å². The van der Waals surface area contributed by atoms with Crippen LogP contribution in [0.3, 0.4) is 0 Å². The van der Waals surface area contributed by atoms with Gasteiger partial charge in [0.15, 0.2) is 0 Å². The quantitative estimate of drug-likeness (QED) is 0.506. The van der Waals surface area contributed by atoms with Gasteiger partial charge in [-0.1, -0.05) is 51.5 Å². The third-order valence-corrected chi connectivity index (χ3v) is 6.04. The van der Waals surface area contributed by atoms with E-state index in [1.165, 1.54) is 0 Å². The maximum atomic E-state index is 12.4. The number of carbonyl (C=O) groups excluding carboxylic acids is 1. The summed E-state index contributed by atoms with van der Waals surface area (Å²) < 4.78 is 3.83. The van der Waals surface area contributed by atoms with Crippen molar-refractivity contribution in [2.24, 2.45) is 0 Å². The van der Waals surface area contributed by atoms with Crippen molar-refractivity contribution >= 4 is 49.2 Å². The number of anilines is 1. The van der Waals surface area contributed by atoms with Gasteiger partial charge in [-0.25, -0.2) is 4.98 Å². The lowest BCUT2D eigenvalue weighted by atomic mass is 9.87. The molecule has 7 heteroatoms. The largest absolute Gasteiger partial charge is 0.310 e. The lowest BCUT2D eigenvalue weighted by molar-refractivity contribution is -0.116. The smallest absolute Gasteiger partial charge is 0.226 e. The second-order valence-electron chi connectivity index (χ2n) is 6.18. The summed E-state index contributed by atoms with van der Waals surface area (Å²) in [5.41, 5.74) is 3.05. The van der Waals surface area contributed by atoms with Crippen LogP contribution in [0.4, 0.5) is 5.82 Å². The first-order chi connectivity index (χ1) is 12.7. The molecule has 0 radical (unpaired) electrons. The lowest BCUT2D eigenvalue weighted by Crippen LogP contribution is -2.24. The number of rotatable bonds is 2. The molecule has 1 atom stereocenters. The van der Waals surface area contributed by atoms with Crippen LogP contribution in [0.25, 0.3) is 15.3 Å². The van der Waals surface area contributed by atoms with Crippen LogP contribution in [0.5, 0.6) is 0 Å². The van der Waals surface area contributed by atoms with Crippen molar-refractivity contribution in [2.45, 2.75) is 12.3 Å². The van der Waals surface area contributed by atoms with Gasteiger partial charge in [0.2, 0.25) is 11.0 Å². The molecular formula is C19H13BrN4OS. The summed E-state index contributed by atoms with van der Waals surface area (Å²) in [6, 6.07) is 16.1. The van der Waals surface area contributed by atoms with Gasteiger partial charge in [0, 0.05) is 22.4 Å². The van der Waals surface area contributed by atoms with E-state index in [2.05, 4.69) is 37.4 Å². The number of nitrogens with zero attached hydrogens (tertiary/aromatic N) is 3. The molecule has 4 aromatic rings. The summed E-state index contributed by atoms with van der Waals surface area (Å²) in [6.45, 7) is 0. The average Bonchev–Trinajstić information content (AvgIpc) is 3.24. The third kappa shape index (κ3) is 2.55. The van der Waals surface area contributed by atoms with Crippen molar-refractivity contribution in [3.8, 4) is 5.13 Å². The molecule has 2 aromatic carbocycles. The molecule has 2 aromatic heterocycles. The Balaban J connectivity index is 1.64. The minimum Gasteiger partial charge on any atom is -0.310 e. The van der Waals surface area contributed by atoms with Gasteiger partial charge in [0.1, 0.15) is 5.82 Å². The van der Waals surface area contributed by atoms with E-state index in [-0.39, 0.29) is 11.8 Å². The molecule has 3 heterocycles. The fourth-order valence-corrected chi connectivity index (χ4v) is 4.68. The molecule has 1 aliphatic rings. The molecule has 128 valence electrons. The fourth-order valence-electron chi connectivity index (χ4n) is 3.34. The zero-order valence-corrected chi connectivity index (χ0v) is 15.9. The van der Waals surface area contributed by atoms with Gasteiger partial charge >= 0.3 is 0 Å². The first-order valence-corrected chi connectivity index (χ1v) is 9.79. The van der Waals surface area contributed by atoms with Crippen LogP contribution in [-0.2, 0) is 4.79 Å². The molecule has 5 nitrogen and oxygen atoms in total. The number of carbonyl (C=O) groups is 1. The van der Waals surface area contributed by atoms with Gasteiger partial charge in [0.05, 0.1) is 16.4 Å². The van der Waals surface area contributed by atoms with E-state index in [0.29, 0.717) is 12.2 Å². The zero-order valence-electron chi connectivity index (χ0n) is 13.5. The van der Waals surface area contributed by atoms with Crippen LogP contribution in [0.2, 0.25) is 0 Å². The second kappa shape index (κ2) is 6.03. The van der Waals surface area contributed by atoms with Crippen molar-refractivity contribution in [3.05, 3.63) is 70.3 Å². The van der Waals surface area contributed by atoms with Crippen molar-refractivity contribution in [2.75, 3.05) is 5.32 Å². The van der Waals surface area contributed by atoms with E-state index in [1.807, 2.05) is 48.7 Å². The predicted octanol–water partition coefficient (Wildman–Crippen LogP) is 4.72. The summed E-state index contributed by atoms with van der Waals surface area (Å²) >= 11 is 5.07. The highest BCUT2D eigenvalue weighted by molar-refractivity contribution is 9.10. The molecule has 0 saturated carbocycles. The lowest BCUT2D eigenvalue weighted by Gasteiger charge is -2.23. The van der Waals surface area contributed by atoms with Gasteiger partial charge in [0.25, 0.3) is 0 Å². The zero-order chi connectivity index (χ0) is 17.7. The van der Waals surface area contributed by atoms with Crippen LogP contribution in [-0.4, -0.2) is 20.7 Å². The Morgan fingerprint density at radius 3 is 2.92 bits per heavy atom. The van der Waals surface area contributed by atoms with E-state index in [4.69, 9.17) is 0 Å². The minimum absolute atomic E-state index is 0.00895. The summed E-state index contributed by atoms with van der Waals surface area (Å²) in [6.07, 6.45) is 2.25. The molecule has 1 aliphatic heterocycles. The molecule has 0 fully saturated rings. The van der Waals surface area contributed by atoms with Gasteiger partial charge in [-0.15, -0.1) is 0 Å². The van der Waals surface area contributed by atoms with Gasteiger partial charge < -0.3 is 5.32 Å². The summed E-state index contributed by atoms with van der Waals surface area (Å²) in [7, 11) is 0. The number of hydrogen-bond acceptors (Lipinski definition) is 4. The molecule has 0 aliphatic carbocycles. The second-order valence-corrected chi connectivity index (χ2v) is 8.11. The monoisotopic (exact) mass is 424 g/mol. The Hall–Kier alpha value is -2.51. The average molecular weight is 425 g/mol. The third-order valence-electron chi connectivity index (χ3n) is 4.54. The van der Waals surface area contributed by atoms with Crippen molar-refractivity contribution in [1.29, 1.82) is 0 Å². The number of thiazole rings is 1. The number of amides is 1. The van der Waals surface area contributed by atoms with Crippen molar-refractivity contribution in [1.82, 2.24) is 14.8 Å². The number of halogens is 1. The molecule has 26 heavy (non-hydrogen) atoms. The first-order valence-electron chi connectivity index (χ1n) is 8.18. The Morgan fingerprint density at radius 2 is 2.08 bits per heavy atom. The molecule has 0 bridgehead atoms. The number of nitrogens with one attached hydrogen (secondary N) is 1. The summed E-state index contributed by atoms with van der Waals surface area (Å²) in [5, 5.41) is 8.27. The van der Waals surface area contributed by atoms with Crippen LogP contribution < -0.4 is 5.32 Å². The van der Waals surface area contributed by atoms with Crippen LogP contribution in [0.15, 0.2) is 59.2 Å². The number of aromatic nitrogens is 3. The van der Waals surface area contributed by atoms with Crippen molar-refractivity contribution < 1.29 is 4.79 Å². The maximum Gasteiger partial charge on any atom is 0.226 e. The number of para-hydroxylation sites is 1. The normalized spacial score (nSPS) is 16.5. The molecule has 1 amide bonds. The number of fused-ring (bicyclic) bond motifs is 2. The molecular weight excluding hydrogens is 412 g/mol. The Morgan fingerprint density at radius 1 is 1.19 bits per heavy atom. The van der Waals surface area contributed by atoms with E-state index in [0.717, 1.165) is 30.9 Å². The van der Waals surface area contributed by atoms with E-state index >= 15 is 0 Å².